The first kappa shape index (κ1) is 12.9. The standard InChI is InChI=1S/C12H13ClFN3O/c1-17-12(15)9(6-16-17)11(18)5-7-4-8(14)2-3-10(7)13/h2-4,6,11,18H,5,15H2,1H3. The number of nitrogens with two attached hydrogens (primary N) is 1. The van der Waals surface area contributed by atoms with E-state index in [0.29, 0.717) is 22.0 Å². The van der Waals surface area contributed by atoms with Crippen molar-refractivity contribution < 1.29 is 9.50 Å². The van der Waals surface area contributed by atoms with Crippen LogP contribution in [0.1, 0.15) is 17.2 Å². The molecule has 0 aliphatic heterocycles. The van der Waals surface area contributed by atoms with Gasteiger partial charge in [0.05, 0.1) is 12.3 Å². The van der Waals surface area contributed by atoms with E-state index in [1.807, 2.05) is 0 Å². The number of anilines is 1. The average Bonchev–Trinajstić information content (AvgIpc) is 2.65. The molecule has 18 heavy (non-hydrogen) atoms. The van der Waals surface area contributed by atoms with Crippen LogP contribution in [0.5, 0.6) is 0 Å². The molecular weight excluding hydrogens is 257 g/mol. The molecule has 1 atom stereocenters. The first-order valence-electron chi connectivity index (χ1n) is 5.38. The molecule has 0 fully saturated rings. The number of aromatic nitrogens is 2. The van der Waals surface area contributed by atoms with E-state index >= 15 is 0 Å². The summed E-state index contributed by atoms with van der Waals surface area (Å²) in [6, 6.07) is 4.04. The van der Waals surface area contributed by atoms with Gasteiger partial charge in [0.25, 0.3) is 0 Å². The molecule has 6 heteroatoms. The summed E-state index contributed by atoms with van der Waals surface area (Å²) in [5.74, 6) is -0.00390. The minimum atomic E-state index is -0.863. The minimum Gasteiger partial charge on any atom is -0.388 e. The highest BCUT2D eigenvalue weighted by molar-refractivity contribution is 6.31. The quantitative estimate of drug-likeness (QED) is 0.897. The van der Waals surface area contributed by atoms with Crippen LogP contribution in [0.2, 0.25) is 5.02 Å². The van der Waals surface area contributed by atoms with Crippen molar-refractivity contribution in [2.45, 2.75) is 12.5 Å². The maximum Gasteiger partial charge on any atom is 0.127 e. The summed E-state index contributed by atoms with van der Waals surface area (Å²) in [4.78, 5) is 0. The van der Waals surface area contributed by atoms with E-state index < -0.39 is 6.10 Å². The molecule has 3 N–H and O–H groups in total. The van der Waals surface area contributed by atoms with Crippen LogP contribution in [0.3, 0.4) is 0 Å². The van der Waals surface area contributed by atoms with Gasteiger partial charge in [-0.25, -0.2) is 4.39 Å². The summed E-state index contributed by atoms with van der Waals surface area (Å²) in [5, 5.41) is 14.4. The predicted molar refractivity (Wildman–Crippen MR) is 67.7 cm³/mol. The summed E-state index contributed by atoms with van der Waals surface area (Å²) >= 11 is 5.94. The molecule has 0 saturated heterocycles. The Kier molecular flexibility index (Phi) is 3.54. The number of halogens is 2. The molecule has 0 amide bonds. The van der Waals surface area contributed by atoms with Gasteiger partial charge in [-0.1, -0.05) is 11.6 Å². The molecule has 1 aromatic carbocycles. The molecule has 1 aromatic heterocycles. The number of aryl methyl sites for hydroxylation is 1. The fourth-order valence-corrected chi connectivity index (χ4v) is 1.93. The lowest BCUT2D eigenvalue weighted by molar-refractivity contribution is 0.179. The number of nitrogen functional groups attached to an aromatic ring is 1. The van der Waals surface area contributed by atoms with Gasteiger partial charge in [-0.15, -0.1) is 0 Å². The van der Waals surface area contributed by atoms with Gasteiger partial charge in [0.15, 0.2) is 0 Å². The molecule has 1 heterocycles. The molecule has 2 aromatic rings. The second kappa shape index (κ2) is 4.96. The van der Waals surface area contributed by atoms with Crippen molar-refractivity contribution >= 4 is 17.4 Å². The zero-order valence-corrected chi connectivity index (χ0v) is 10.5. The third kappa shape index (κ3) is 2.47. The van der Waals surface area contributed by atoms with Crippen LogP contribution in [0, 0.1) is 5.82 Å². The van der Waals surface area contributed by atoms with Crippen molar-refractivity contribution in [3.05, 3.63) is 46.4 Å². The SMILES string of the molecule is Cn1ncc(C(O)Cc2cc(F)ccc2Cl)c1N. The number of nitrogens with zero attached hydrogens (tertiary/aromatic N) is 2. The third-order valence-electron chi connectivity index (χ3n) is 2.79. The van der Waals surface area contributed by atoms with E-state index in [2.05, 4.69) is 5.10 Å². The van der Waals surface area contributed by atoms with Gasteiger partial charge in [0, 0.05) is 24.1 Å². The number of hydrogen-bond donors (Lipinski definition) is 2. The Labute approximate surface area is 109 Å². The molecule has 4 nitrogen and oxygen atoms in total. The molecule has 0 aliphatic rings. The molecule has 96 valence electrons. The fraction of sp³-hybridized carbons (Fsp3) is 0.250. The summed E-state index contributed by atoms with van der Waals surface area (Å²) in [7, 11) is 1.68. The van der Waals surface area contributed by atoms with Crippen LogP contribution in [-0.2, 0) is 13.5 Å². The maximum absolute atomic E-state index is 13.1. The van der Waals surface area contributed by atoms with E-state index in [9.17, 15) is 9.50 Å². The molecule has 0 aliphatic carbocycles. The first-order chi connectivity index (χ1) is 8.49. The lowest BCUT2D eigenvalue weighted by Gasteiger charge is -2.11. The van der Waals surface area contributed by atoms with Crippen molar-refractivity contribution in [1.82, 2.24) is 9.78 Å². The van der Waals surface area contributed by atoms with Crippen LogP contribution >= 0.6 is 11.6 Å². The highest BCUT2D eigenvalue weighted by Gasteiger charge is 2.16. The van der Waals surface area contributed by atoms with Crippen molar-refractivity contribution in [2.24, 2.45) is 7.05 Å². The van der Waals surface area contributed by atoms with Gasteiger partial charge < -0.3 is 10.8 Å². The first-order valence-corrected chi connectivity index (χ1v) is 5.76. The highest BCUT2D eigenvalue weighted by atomic mass is 35.5. The Morgan fingerprint density at radius 2 is 2.28 bits per heavy atom. The van der Waals surface area contributed by atoms with Crippen LogP contribution in [0.25, 0.3) is 0 Å². The Morgan fingerprint density at radius 1 is 1.56 bits per heavy atom. The maximum atomic E-state index is 13.1. The Balaban J connectivity index is 2.23. The van der Waals surface area contributed by atoms with E-state index in [4.69, 9.17) is 17.3 Å². The molecule has 2 rings (SSSR count). The largest absolute Gasteiger partial charge is 0.388 e. The predicted octanol–water partition coefficient (Wildman–Crippen LogP) is 2.07. The monoisotopic (exact) mass is 269 g/mol. The van der Waals surface area contributed by atoms with Gasteiger partial charge in [-0.2, -0.15) is 5.10 Å². The van der Waals surface area contributed by atoms with Crippen LogP contribution in [-0.4, -0.2) is 14.9 Å². The van der Waals surface area contributed by atoms with Crippen molar-refractivity contribution in [1.29, 1.82) is 0 Å². The molecule has 1 unspecified atom stereocenters. The molecule has 0 spiro atoms. The number of rotatable bonds is 3. The highest BCUT2D eigenvalue weighted by Crippen LogP contribution is 2.26. The molecular formula is C12H13ClFN3O. The molecule has 0 saturated carbocycles. The third-order valence-corrected chi connectivity index (χ3v) is 3.16. The normalized spacial score (nSPS) is 12.7. The molecule has 0 radical (unpaired) electrons. The zero-order chi connectivity index (χ0) is 13.3. The zero-order valence-electron chi connectivity index (χ0n) is 9.77. The fourth-order valence-electron chi connectivity index (χ4n) is 1.74. The summed E-state index contributed by atoms with van der Waals surface area (Å²) in [6.45, 7) is 0. The Morgan fingerprint density at radius 3 is 2.89 bits per heavy atom. The van der Waals surface area contributed by atoms with E-state index in [1.165, 1.54) is 29.1 Å². The number of benzene rings is 1. The topological polar surface area (TPSA) is 64.1 Å². The second-order valence-corrected chi connectivity index (χ2v) is 4.47. The van der Waals surface area contributed by atoms with Crippen LogP contribution < -0.4 is 5.73 Å². The number of aliphatic hydroxyl groups is 1. The van der Waals surface area contributed by atoms with Gasteiger partial charge in [-0.3, -0.25) is 4.68 Å². The number of aliphatic hydroxyl groups excluding tert-OH is 1. The average molecular weight is 270 g/mol. The van der Waals surface area contributed by atoms with E-state index in [-0.39, 0.29) is 12.2 Å². The van der Waals surface area contributed by atoms with Crippen molar-refractivity contribution in [2.75, 3.05) is 5.73 Å². The van der Waals surface area contributed by atoms with Gasteiger partial charge in [-0.05, 0) is 23.8 Å². The Hall–Kier alpha value is -1.59. The second-order valence-electron chi connectivity index (χ2n) is 4.06. The van der Waals surface area contributed by atoms with Crippen LogP contribution in [0.15, 0.2) is 24.4 Å². The Bertz CT molecular complexity index is 570. The smallest absolute Gasteiger partial charge is 0.127 e. The van der Waals surface area contributed by atoms with E-state index in [0.717, 1.165) is 0 Å². The van der Waals surface area contributed by atoms with E-state index in [1.54, 1.807) is 7.05 Å². The lowest BCUT2D eigenvalue weighted by atomic mass is 10.0. The molecule has 0 bridgehead atoms. The minimum absolute atomic E-state index is 0.187. The number of hydrogen-bond acceptors (Lipinski definition) is 3. The summed E-state index contributed by atoms with van der Waals surface area (Å²) < 4.78 is 14.6. The lowest BCUT2D eigenvalue weighted by Crippen LogP contribution is -2.06. The van der Waals surface area contributed by atoms with Gasteiger partial charge >= 0.3 is 0 Å². The van der Waals surface area contributed by atoms with Crippen molar-refractivity contribution in [3.63, 3.8) is 0 Å². The van der Waals surface area contributed by atoms with Gasteiger partial charge in [0.2, 0.25) is 0 Å². The summed E-state index contributed by atoms with van der Waals surface area (Å²) in [5.41, 5.74) is 6.81. The van der Waals surface area contributed by atoms with Crippen molar-refractivity contribution in [3.8, 4) is 0 Å². The summed E-state index contributed by atoms with van der Waals surface area (Å²) in [6.07, 6.45) is 0.817. The van der Waals surface area contributed by atoms with Crippen LogP contribution in [0.4, 0.5) is 10.2 Å². The van der Waals surface area contributed by atoms with Gasteiger partial charge in [0.1, 0.15) is 11.6 Å².